The van der Waals surface area contributed by atoms with Gasteiger partial charge in [-0.1, -0.05) is 20.3 Å². The second-order valence-electron chi connectivity index (χ2n) is 4.38. The van der Waals surface area contributed by atoms with Gasteiger partial charge in [-0.25, -0.2) is 0 Å². The number of aryl methyl sites for hydroxylation is 1. The predicted octanol–water partition coefficient (Wildman–Crippen LogP) is 1.85. The summed E-state index contributed by atoms with van der Waals surface area (Å²) in [6, 6.07) is 0.0855. The number of nitrogens with one attached hydrogen (secondary N) is 1. The molecule has 0 saturated carbocycles. The maximum Gasteiger partial charge on any atom is 0.161 e. The van der Waals surface area contributed by atoms with Gasteiger partial charge in [0.25, 0.3) is 0 Å². The van der Waals surface area contributed by atoms with Crippen molar-refractivity contribution in [2.24, 2.45) is 11.8 Å². The van der Waals surface area contributed by atoms with E-state index in [0.717, 1.165) is 30.8 Å². The summed E-state index contributed by atoms with van der Waals surface area (Å²) in [6.45, 7) is 7.29. The molecule has 2 atom stereocenters. The molecule has 0 saturated heterocycles. The smallest absolute Gasteiger partial charge is 0.161 e. The molecule has 1 rings (SSSR count). The molecule has 2 unspecified atom stereocenters. The molecule has 17 heavy (non-hydrogen) atoms. The molecule has 5 nitrogen and oxygen atoms in total. The quantitative estimate of drug-likeness (QED) is 0.564. The van der Waals surface area contributed by atoms with Crippen molar-refractivity contribution >= 4 is 0 Å². The summed E-state index contributed by atoms with van der Waals surface area (Å²) in [5.74, 6) is 7.08. The summed E-state index contributed by atoms with van der Waals surface area (Å²) < 4.78 is 7.28. The Balaban J connectivity index is 2.96. The van der Waals surface area contributed by atoms with Crippen molar-refractivity contribution in [1.82, 2.24) is 15.2 Å². The molecule has 0 amide bonds. The van der Waals surface area contributed by atoms with Crippen LogP contribution in [0.5, 0.6) is 5.75 Å². The van der Waals surface area contributed by atoms with Crippen LogP contribution < -0.4 is 16.0 Å². The highest BCUT2D eigenvalue weighted by molar-refractivity contribution is 5.28. The van der Waals surface area contributed by atoms with Crippen LogP contribution >= 0.6 is 0 Å². The van der Waals surface area contributed by atoms with Crippen LogP contribution in [0.25, 0.3) is 0 Å². The highest BCUT2D eigenvalue weighted by Crippen LogP contribution is 2.29. The number of nitrogens with two attached hydrogens (primary N) is 1. The van der Waals surface area contributed by atoms with Crippen molar-refractivity contribution in [3.05, 3.63) is 11.9 Å². The molecule has 5 heteroatoms. The van der Waals surface area contributed by atoms with Gasteiger partial charge in [0.15, 0.2) is 5.75 Å². The Morgan fingerprint density at radius 3 is 2.71 bits per heavy atom. The standard InChI is InChI=1S/C12H24N4O/c1-5-9(3)7-10(15-13)12-11(17-4)8-14-16(12)6-2/h8-10,15H,5-7,13H2,1-4H3. The number of nitrogens with zero attached hydrogens (tertiary/aromatic N) is 2. The summed E-state index contributed by atoms with van der Waals surface area (Å²) in [6.07, 6.45) is 3.87. The normalized spacial score (nSPS) is 14.6. The molecule has 0 aliphatic carbocycles. The van der Waals surface area contributed by atoms with Gasteiger partial charge in [0.1, 0.15) is 0 Å². The molecule has 98 valence electrons. The second kappa shape index (κ2) is 6.61. The van der Waals surface area contributed by atoms with Crippen molar-refractivity contribution in [3.63, 3.8) is 0 Å². The van der Waals surface area contributed by atoms with Crippen LogP contribution in [0.2, 0.25) is 0 Å². The van der Waals surface area contributed by atoms with Crippen molar-refractivity contribution < 1.29 is 4.74 Å². The zero-order chi connectivity index (χ0) is 12.8. The van der Waals surface area contributed by atoms with E-state index in [1.807, 2.05) is 4.68 Å². The molecule has 0 radical (unpaired) electrons. The molecule has 1 heterocycles. The minimum atomic E-state index is 0.0855. The van der Waals surface area contributed by atoms with Crippen LogP contribution in [0.3, 0.4) is 0 Å². The van der Waals surface area contributed by atoms with E-state index in [-0.39, 0.29) is 6.04 Å². The van der Waals surface area contributed by atoms with Gasteiger partial charge in [-0.15, -0.1) is 0 Å². The molecule has 1 aromatic heterocycles. The molecule has 0 spiro atoms. The van der Waals surface area contributed by atoms with Crippen LogP contribution in [0.4, 0.5) is 0 Å². The summed E-state index contributed by atoms with van der Waals surface area (Å²) in [5.41, 5.74) is 3.92. The highest BCUT2D eigenvalue weighted by Gasteiger charge is 2.21. The Bertz CT molecular complexity index is 316. The van der Waals surface area contributed by atoms with E-state index in [0.29, 0.717) is 5.92 Å². The summed E-state index contributed by atoms with van der Waals surface area (Å²) in [4.78, 5) is 0. The largest absolute Gasteiger partial charge is 0.493 e. The first-order valence-corrected chi connectivity index (χ1v) is 6.23. The summed E-state index contributed by atoms with van der Waals surface area (Å²) in [5, 5.41) is 4.30. The fourth-order valence-electron chi connectivity index (χ4n) is 1.97. The predicted molar refractivity (Wildman–Crippen MR) is 68.6 cm³/mol. The highest BCUT2D eigenvalue weighted by atomic mass is 16.5. The van der Waals surface area contributed by atoms with Gasteiger partial charge >= 0.3 is 0 Å². The number of aromatic nitrogens is 2. The average Bonchev–Trinajstić information content (AvgIpc) is 2.78. The van der Waals surface area contributed by atoms with E-state index in [1.54, 1.807) is 13.3 Å². The van der Waals surface area contributed by atoms with Gasteiger partial charge in [-0.3, -0.25) is 16.0 Å². The van der Waals surface area contributed by atoms with Crippen molar-refractivity contribution in [2.75, 3.05) is 7.11 Å². The van der Waals surface area contributed by atoms with Crippen molar-refractivity contribution in [1.29, 1.82) is 0 Å². The molecule has 0 aliphatic heterocycles. The van der Waals surface area contributed by atoms with Crippen molar-refractivity contribution in [3.8, 4) is 5.75 Å². The number of hydrazine groups is 1. The number of hydrogen-bond donors (Lipinski definition) is 2. The molecule has 0 aromatic carbocycles. The maximum absolute atomic E-state index is 5.67. The third-order valence-corrected chi connectivity index (χ3v) is 3.23. The Labute approximate surface area is 103 Å². The average molecular weight is 240 g/mol. The zero-order valence-electron chi connectivity index (χ0n) is 11.2. The van der Waals surface area contributed by atoms with Gasteiger partial charge in [-0.05, 0) is 19.3 Å². The Morgan fingerprint density at radius 2 is 2.24 bits per heavy atom. The molecular formula is C12H24N4O. The Morgan fingerprint density at radius 1 is 1.53 bits per heavy atom. The molecule has 3 N–H and O–H groups in total. The summed E-state index contributed by atoms with van der Waals surface area (Å²) in [7, 11) is 1.66. The van der Waals surface area contributed by atoms with Gasteiger partial charge in [0.05, 0.1) is 25.0 Å². The third kappa shape index (κ3) is 3.20. The van der Waals surface area contributed by atoms with E-state index in [4.69, 9.17) is 10.6 Å². The summed E-state index contributed by atoms with van der Waals surface area (Å²) >= 11 is 0. The fourth-order valence-corrected chi connectivity index (χ4v) is 1.97. The number of hydrogen-bond acceptors (Lipinski definition) is 4. The lowest BCUT2D eigenvalue weighted by Crippen LogP contribution is -2.31. The minimum absolute atomic E-state index is 0.0855. The van der Waals surface area contributed by atoms with Crippen LogP contribution in [-0.2, 0) is 6.54 Å². The van der Waals surface area contributed by atoms with Crippen LogP contribution in [-0.4, -0.2) is 16.9 Å². The van der Waals surface area contributed by atoms with E-state index >= 15 is 0 Å². The van der Waals surface area contributed by atoms with E-state index in [1.165, 1.54) is 0 Å². The Hall–Kier alpha value is -1.07. The first-order chi connectivity index (χ1) is 8.17. The second-order valence-corrected chi connectivity index (χ2v) is 4.38. The fraction of sp³-hybridized carbons (Fsp3) is 0.750. The Kier molecular flexibility index (Phi) is 5.44. The number of rotatable bonds is 7. The first-order valence-electron chi connectivity index (χ1n) is 6.23. The molecular weight excluding hydrogens is 216 g/mol. The van der Waals surface area contributed by atoms with E-state index < -0.39 is 0 Å². The molecule has 0 bridgehead atoms. The number of ether oxygens (including phenoxy) is 1. The molecule has 1 aromatic rings. The monoisotopic (exact) mass is 240 g/mol. The van der Waals surface area contributed by atoms with E-state index in [9.17, 15) is 0 Å². The lowest BCUT2D eigenvalue weighted by Gasteiger charge is -2.21. The van der Waals surface area contributed by atoms with Crippen LogP contribution in [0, 0.1) is 5.92 Å². The topological polar surface area (TPSA) is 65.1 Å². The van der Waals surface area contributed by atoms with Gasteiger partial charge in [-0.2, -0.15) is 5.10 Å². The maximum atomic E-state index is 5.67. The van der Waals surface area contributed by atoms with Crippen LogP contribution in [0.15, 0.2) is 6.20 Å². The van der Waals surface area contributed by atoms with Gasteiger partial charge < -0.3 is 4.74 Å². The lowest BCUT2D eigenvalue weighted by atomic mass is 9.97. The lowest BCUT2D eigenvalue weighted by molar-refractivity contribution is 0.358. The molecule has 0 fully saturated rings. The minimum Gasteiger partial charge on any atom is -0.493 e. The third-order valence-electron chi connectivity index (χ3n) is 3.23. The first kappa shape index (κ1) is 14.0. The van der Waals surface area contributed by atoms with Gasteiger partial charge in [0, 0.05) is 6.54 Å². The van der Waals surface area contributed by atoms with E-state index in [2.05, 4.69) is 31.3 Å². The van der Waals surface area contributed by atoms with Crippen LogP contribution in [0.1, 0.15) is 45.3 Å². The van der Waals surface area contributed by atoms with Crippen molar-refractivity contribution in [2.45, 2.75) is 46.2 Å². The molecule has 0 aliphatic rings. The zero-order valence-corrected chi connectivity index (χ0v) is 11.2. The van der Waals surface area contributed by atoms with Gasteiger partial charge in [0.2, 0.25) is 0 Å². The SMILES string of the molecule is CCC(C)CC(NN)c1c(OC)cnn1CC. The number of methoxy groups -OCH3 is 1.